The number of ether oxygens (including phenoxy) is 5. The second kappa shape index (κ2) is 10.2. The van der Waals surface area contributed by atoms with Gasteiger partial charge in [-0.15, -0.1) is 0 Å². The summed E-state index contributed by atoms with van der Waals surface area (Å²) in [5.41, 5.74) is 1.25. The van der Waals surface area contributed by atoms with Crippen molar-refractivity contribution in [1.82, 2.24) is 4.31 Å². The molecule has 2 fully saturated rings. The Hall–Kier alpha value is -2.18. The highest BCUT2D eigenvalue weighted by Crippen LogP contribution is 2.35. The number of sulfonamides is 1. The molecule has 184 valence electrons. The molecule has 0 saturated carbocycles. The number of fused-ring (bicyclic) bond motifs is 1. The van der Waals surface area contributed by atoms with Gasteiger partial charge < -0.3 is 23.7 Å². The SMILES string of the molecule is CO[C@H]1O[C@@H]2CN(S(=O)(=O)c3ccc(C)cc3)C(C(=O)c3ccccc3)O[C@H]2[C@H](OC)[C@H]1OC. The van der Waals surface area contributed by atoms with Gasteiger partial charge in [-0.25, -0.2) is 8.42 Å². The Bertz CT molecular complexity index is 1090. The van der Waals surface area contributed by atoms with Crippen molar-refractivity contribution in [3.8, 4) is 0 Å². The summed E-state index contributed by atoms with van der Waals surface area (Å²) in [5.74, 6) is -0.479. The smallest absolute Gasteiger partial charge is 0.245 e. The van der Waals surface area contributed by atoms with Crippen molar-refractivity contribution < 1.29 is 36.9 Å². The summed E-state index contributed by atoms with van der Waals surface area (Å²) in [6.45, 7) is 1.74. The van der Waals surface area contributed by atoms with Gasteiger partial charge in [0.05, 0.1) is 4.90 Å². The molecule has 0 radical (unpaired) electrons. The van der Waals surface area contributed by atoms with Crippen LogP contribution in [0.5, 0.6) is 0 Å². The molecule has 1 unspecified atom stereocenters. The van der Waals surface area contributed by atoms with Gasteiger partial charge in [0.25, 0.3) is 0 Å². The minimum atomic E-state index is -4.10. The molecule has 9 nitrogen and oxygen atoms in total. The van der Waals surface area contributed by atoms with Crippen molar-refractivity contribution in [2.45, 2.75) is 48.8 Å². The van der Waals surface area contributed by atoms with E-state index in [4.69, 9.17) is 23.7 Å². The fourth-order valence-corrected chi connectivity index (χ4v) is 5.88. The Labute approximate surface area is 199 Å². The molecule has 0 N–H and O–H groups in total. The van der Waals surface area contributed by atoms with Gasteiger partial charge in [0.15, 0.2) is 12.5 Å². The van der Waals surface area contributed by atoms with Gasteiger partial charge in [0, 0.05) is 33.4 Å². The first kappa shape index (κ1) is 24.9. The fourth-order valence-electron chi connectivity index (χ4n) is 4.39. The molecule has 34 heavy (non-hydrogen) atoms. The number of methoxy groups -OCH3 is 3. The van der Waals surface area contributed by atoms with Gasteiger partial charge in [-0.3, -0.25) is 4.79 Å². The lowest BCUT2D eigenvalue weighted by Crippen LogP contribution is -2.68. The molecule has 0 spiro atoms. The van der Waals surface area contributed by atoms with Crippen LogP contribution in [0, 0.1) is 6.92 Å². The van der Waals surface area contributed by atoms with E-state index >= 15 is 0 Å². The highest BCUT2D eigenvalue weighted by Gasteiger charge is 2.55. The molecule has 0 amide bonds. The van der Waals surface area contributed by atoms with E-state index in [0.717, 1.165) is 9.87 Å². The summed E-state index contributed by atoms with van der Waals surface area (Å²) in [5, 5.41) is 0. The number of rotatable bonds is 7. The average molecular weight is 492 g/mol. The molecular weight excluding hydrogens is 462 g/mol. The fraction of sp³-hybridized carbons (Fsp3) is 0.458. The van der Waals surface area contributed by atoms with E-state index in [1.54, 1.807) is 42.5 Å². The lowest BCUT2D eigenvalue weighted by Gasteiger charge is -2.50. The normalized spacial score (nSPS) is 30.0. The van der Waals surface area contributed by atoms with Gasteiger partial charge in [0.1, 0.15) is 24.4 Å². The topological polar surface area (TPSA) is 101 Å². The second-order valence-corrected chi connectivity index (χ2v) is 10.1. The number of carbonyl (C=O) groups is 1. The number of hydrogen-bond acceptors (Lipinski definition) is 8. The van der Waals surface area contributed by atoms with Crippen LogP contribution in [0.15, 0.2) is 59.5 Å². The second-order valence-electron chi connectivity index (χ2n) is 8.25. The van der Waals surface area contributed by atoms with Crippen molar-refractivity contribution in [3.05, 3.63) is 65.7 Å². The van der Waals surface area contributed by atoms with E-state index in [9.17, 15) is 13.2 Å². The Morgan fingerprint density at radius 2 is 1.56 bits per heavy atom. The molecule has 2 heterocycles. The molecule has 10 heteroatoms. The molecule has 6 atom stereocenters. The standard InChI is InChI=1S/C24H29NO8S/c1-15-10-12-17(13-11-15)34(27,28)25-14-18-20(21(29-2)22(30-3)24(31-4)32-18)33-23(25)19(26)16-8-6-5-7-9-16/h5-13,18,20-24H,14H2,1-4H3/t18-,20-,21+,22-,23?,24+/m1/s1. The Morgan fingerprint density at radius 1 is 0.912 bits per heavy atom. The van der Waals surface area contributed by atoms with Crippen LogP contribution in [0.2, 0.25) is 0 Å². The summed E-state index contributed by atoms with van der Waals surface area (Å²) in [6.07, 6.45) is -5.00. The lowest BCUT2D eigenvalue weighted by molar-refractivity contribution is -0.325. The van der Waals surface area contributed by atoms with E-state index in [-0.39, 0.29) is 11.4 Å². The first-order chi connectivity index (χ1) is 16.3. The van der Waals surface area contributed by atoms with Gasteiger partial charge in [-0.05, 0) is 19.1 Å². The van der Waals surface area contributed by atoms with Crippen molar-refractivity contribution in [2.75, 3.05) is 27.9 Å². The summed E-state index contributed by atoms with van der Waals surface area (Å²) in [4.78, 5) is 13.6. The van der Waals surface area contributed by atoms with E-state index in [1.807, 2.05) is 6.92 Å². The van der Waals surface area contributed by atoms with E-state index in [0.29, 0.717) is 5.56 Å². The molecule has 4 rings (SSSR count). The molecular formula is C24H29NO8S. The summed E-state index contributed by atoms with van der Waals surface area (Å²) in [7, 11) is 0.358. The van der Waals surface area contributed by atoms with Crippen molar-refractivity contribution >= 4 is 15.8 Å². The number of carbonyl (C=O) groups excluding carboxylic acids is 1. The highest BCUT2D eigenvalue weighted by atomic mass is 32.2. The summed E-state index contributed by atoms with van der Waals surface area (Å²) >= 11 is 0. The number of Topliss-reactive ketones (excluding diaryl/α,β-unsaturated/α-hetero) is 1. The molecule has 0 aliphatic carbocycles. The molecule has 2 saturated heterocycles. The number of ketones is 1. The van der Waals surface area contributed by atoms with Crippen LogP contribution in [0.1, 0.15) is 15.9 Å². The van der Waals surface area contributed by atoms with Gasteiger partial charge in [-0.1, -0.05) is 48.0 Å². The van der Waals surface area contributed by atoms with Gasteiger partial charge in [-0.2, -0.15) is 4.31 Å². The maximum atomic E-state index is 13.7. The zero-order chi connectivity index (χ0) is 24.5. The number of aryl methyl sites for hydroxylation is 1. The first-order valence-corrected chi connectivity index (χ1v) is 12.3. The lowest BCUT2D eigenvalue weighted by atomic mass is 9.96. The van der Waals surface area contributed by atoms with Crippen molar-refractivity contribution in [3.63, 3.8) is 0 Å². The molecule has 0 bridgehead atoms. The minimum Gasteiger partial charge on any atom is -0.376 e. The van der Waals surface area contributed by atoms with Crippen LogP contribution < -0.4 is 0 Å². The number of benzene rings is 2. The van der Waals surface area contributed by atoms with Crippen molar-refractivity contribution in [2.24, 2.45) is 0 Å². The Morgan fingerprint density at radius 3 is 2.15 bits per heavy atom. The van der Waals surface area contributed by atoms with E-state index in [2.05, 4.69) is 0 Å². The largest absolute Gasteiger partial charge is 0.376 e. The van der Waals surface area contributed by atoms with Crippen LogP contribution in [-0.4, -0.2) is 83.3 Å². The monoisotopic (exact) mass is 491 g/mol. The average Bonchev–Trinajstić information content (AvgIpc) is 2.86. The summed E-state index contributed by atoms with van der Waals surface area (Å²) in [6, 6.07) is 14.9. The van der Waals surface area contributed by atoms with Crippen LogP contribution in [0.4, 0.5) is 0 Å². The minimum absolute atomic E-state index is 0.0585. The quantitative estimate of drug-likeness (QED) is 0.542. The third-order valence-corrected chi connectivity index (χ3v) is 8.01. The van der Waals surface area contributed by atoms with Crippen LogP contribution in [0.25, 0.3) is 0 Å². The van der Waals surface area contributed by atoms with Crippen LogP contribution in [-0.2, 0) is 33.7 Å². The predicted molar refractivity (Wildman–Crippen MR) is 122 cm³/mol. The number of hydrogen-bond donors (Lipinski definition) is 0. The van der Waals surface area contributed by atoms with Crippen LogP contribution >= 0.6 is 0 Å². The first-order valence-electron chi connectivity index (χ1n) is 10.9. The van der Waals surface area contributed by atoms with Crippen molar-refractivity contribution in [1.29, 1.82) is 0 Å². The zero-order valence-corrected chi connectivity index (χ0v) is 20.3. The van der Waals surface area contributed by atoms with Gasteiger partial charge in [0.2, 0.25) is 15.8 Å². The zero-order valence-electron chi connectivity index (χ0n) is 19.5. The highest BCUT2D eigenvalue weighted by molar-refractivity contribution is 7.89. The Balaban J connectivity index is 1.76. The molecule has 2 aliphatic heterocycles. The maximum Gasteiger partial charge on any atom is 0.245 e. The van der Waals surface area contributed by atoms with Gasteiger partial charge >= 0.3 is 0 Å². The number of nitrogens with zero attached hydrogens (tertiary/aromatic N) is 1. The molecule has 2 aromatic carbocycles. The molecule has 2 aromatic rings. The third-order valence-electron chi connectivity index (χ3n) is 6.19. The Kier molecular flexibility index (Phi) is 7.48. The van der Waals surface area contributed by atoms with E-state index < -0.39 is 52.7 Å². The van der Waals surface area contributed by atoms with Crippen LogP contribution in [0.3, 0.4) is 0 Å². The molecule has 2 aliphatic rings. The third kappa shape index (κ3) is 4.55. The van der Waals surface area contributed by atoms with E-state index in [1.165, 1.54) is 33.5 Å². The predicted octanol–water partition coefficient (Wildman–Crippen LogP) is 1.99. The maximum absolute atomic E-state index is 13.7. The summed E-state index contributed by atoms with van der Waals surface area (Å²) < 4.78 is 57.3. The molecule has 0 aromatic heterocycles.